The summed E-state index contributed by atoms with van der Waals surface area (Å²) in [5, 5.41) is 3.71. The Kier molecular flexibility index (Phi) is 6.21. The maximum atomic E-state index is 11.8. The van der Waals surface area contributed by atoms with Crippen LogP contribution in [-0.4, -0.2) is 43.4 Å². The number of carbonyl (C=O) groups excluding carboxylic acids is 1. The molecule has 0 amide bonds. The first-order valence-corrected chi connectivity index (χ1v) is 7.59. The number of oxime groups is 1. The number of carbonyl (C=O) groups is 1. The van der Waals surface area contributed by atoms with Crippen molar-refractivity contribution in [1.82, 2.24) is 4.90 Å². The maximum Gasteiger partial charge on any atom is 0.365 e. The SMILES string of the molecule is COc1ccc(C(=O)O/N=C(\N)CCN2CCCCC2)cc1. The third-order valence-electron chi connectivity index (χ3n) is 3.70. The van der Waals surface area contributed by atoms with Gasteiger partial charge < -0.3 is 20.2 Å². The van der Waals surface area contributed by atoms with Gasteiger partial charge >= 0.3 is 5.97 Å². The van der Waals surface area contributed by atoms with E-state index in [9.17, 15) is 4.79 Å². The van der Waals surface area contributed by atoms with E-state index in [-0.39, 0.29) is 0 Å². The molecule has 1 saturated heterocycles. The Morgan fingerprint density at radius 1 is 1.23 bits per heavy atom. The Balaban J connectivity index is 1.77. The van der Waals surface area contributed by atoms with Crippen molar-refractivity contribution < 1.29 is 14.4 Å². The average molecular weight is 305 g/mol. The van der Waals surface area contributed by atoms with E-state index in [0.717, 1.165) is 19.6 Å². The van der Waals surface area contributed by atoms with Crippen LogP contribution in [0.15, 0.2) is 29.4 Å². The zero-order chi connectivity index (χ0) is 15.8. The molecule has 0 radical (unpaired) electrons. The minimum atomic E-state index is -0.524. The third-order valence-corrected chi connectivity index (χ3v) is 3.70. The molecule has 0 aromatic heterocycles. The second kappa shape index (κ2) is 8.38. The minimum absolute atomic E-state index is 0.340. The summed E-state index contributed by atoms with van der Waals surface area (Å²) in [5.74, 6) is 0.497. The number of rotatable bonds is 6. The first-order valence-electron chi connectivity index (χ1n) is 7.59. The second-order valence-corrected chi connectivity index (χ2v) is 5.34. The summed E-state index contributed by atoms with van der Waals surface area (Å²) >= 11 is 0. The Labute approximate surface area is 130 Å². The number of nitrogens with zero attached hydrogens (tertiary/aromatic N) is 2. The van der Waals surface area contributed by atoms with Crippen LogP contribution < -0.4 is 10.5 Å². The molecule has 120 valence electrons. The van der Waals surface area contributed by atoms with Gasteiger partial charge in [-0.1, -0.05) is 11.6 Å². The van der Waals surface area contributed by atoms with E-state index in [1.807, 2.05) is 0 Å². The fourth-order valence-corrected chi connectivity index (χ4v) is 2.38. The highest BCUT2D eigenvalue weighted by molar-refractivity contribution is 5.90. The Bertz CT molecular complexity index is 508. The molecule has 2 rings (SSSR count). The van der Waals surface area contributed by atoms with Crippen LogP contribution in [0.25, 0.3) is 0 Å². The van der Waals surface area contributed by atoms with Gasteiger partial charge in [-0.05, 0) is 50.2 Å². The van der Waals surface area contributed by atoms with E-state index in [0.29, 0.717) is 23.6 Å². The molecule has 0 aliphatic carbocycles. The molecule has 6 heteroatoms. The van der Waals surface area contributed by atoms with Gasteiger partial charge in [-0.25, -0.2) is 4.79 Å². The molecule has 1 heterocycles. The van der Waals surface area contributed by atoms with Crippen LogP contribution in [0, 0.1) is 0 Å². The van der Waals surface area contributed by atoms with Crippen molar-refractivity contribution in [2.75, 3.05) is 26.7 Å². The number of ether oxygens (including phenoxy) is 1. The van der Waals surface area contributed by atoms with Crippen LogP contribution in [0.1, 0.15) is 36.0 Å². The average Bonchev–Trinajstić information content (AvgIpc) is 2.58. The molecule has 0 bridgehead atoms. The van der Waals surface area contributed by atoms with E-state index in [2.05, 4.69) is 10.1 Å². The molecule has 1 aliphatic rings. The number of benzene rings is 1. The normalized spacial score (nSPS) is 16.3. The molecule has 1 aromatic carbocycles. The predicted molar refractivity (Wildman–Crippen MR) is 84.9 cm³/mol. The number of likely N-dealkylation sites (tertiary alicyclic amines) is 1. The highest BCUT2D eigenvalue weighted by atomic mass is 16.7. The Morgan fingerprint density at radius 3 is 2.55 bits per heavy atom. The lowest BCUT2D eigenvalue weighted by molar-refractivity contribution is 0.0514. The monoisotopic (exact) mass is 305 g/mol. The lowest BCUT2D eigenvalue weighted by atomic mass is 10.1. The molecule has 0 atom stereocenters. The zero-order valence-electron chi connectivity index (χ0n) is 13.0. The van der Waals surface area contributed by atoms with Crippen LogP contribution in [0.5, 0.6) is 5.75 Å². The van der Waals surface area contributed by atoms with Crippen LogP contribution in [0.2, 0.25) is 0 Å². The molecule has 1 fully saturated rings. The number of amidine groups is 1. The van der Waals surface area contributed by atoms with Crippen LogP contribution in [-0.2, 0) is 4.84 Å². The van der Waals surface area contributed by atoms with Crippen molar-refractivity contribution in [3.8, 4) is 5.75 Å². The smallest absolute Gasteiger partial charge is 0.365 e. The van der Waals surface area contributed by atoms with E-state index in [1.54, 1.807) is 31.4 Å². The van der Waals surface area contributed by atoms with Crippen molar-refractivity contribution in [3.05, 3.63) is 29.8 Å². The summed E-state index contributed by atoms with van der Waals surface area (Å²) in [4.78, 5) is 19.0. The lowest BCUT2D eigenvalue weighted by Crippen LogP contribution is -2.32. The van der Waals surface area contributed by atoms with E-state index in [1.165, 1.54) is 19.3 Å². The largest absolute Gasteiger partial charge is 0.497 e. The molecule has 22 heavy (non-hydrogen) atoms. The lowest BCUT2D eigenvalue weighted by Gasteiger charge is -2.25. The molecule has 1 aliphatic heterocycles. The highest BCUT2D eigenvalue weighted by Crippen LogP contribution is 2.12. The number of nitrogens with two attached hydrogens (primary N) is 1. The molecule has 2 N–H and O–H groups in total. The van der Waals surface area contributed by atoms with Crippen molar-refractivity contribution in [2.24, 2.45) is 10.9 Å². The topological polar surface area (TPSA) is 77.1 Å². The first kappa shape index (κ1) is 16.3. The fourth-order valence-electron chi connectivity index (χ4n) is 2.38. The van der Waals surface area contributed by atoms with Gasteiger partial charge in [0.25, 0.3) is 0 Å². The van der Waals surface area contributed by atoms with Gasteiger partial charge in [-0.2, -0.15) is 0 Å². The van der Waals surface area contributed by atoms with Gasteiger partial charge in [0, 0.05) is 13.0 Å². The van der Waals surface area contributed by atoms with E-state index < -0.39 is 5.97 Å². The summed E-state index contributed by atoms with van der Waals surface area (Å²) in [6.45, 7) is 3.08. The molecular weight excluding hydrogens is 282 g/mol. The summed E-state index contributed by atoms with van der Waals surface area (Å²) in [6, 6.07) is 6.64. The molecule has 1 aromatic rings. The van der Waals surface area contributed by atoms with Gasteiger partial charge in [-0.15, -0.1) is 0 Å². The van der Waals surface area contributed by atoms with Gasteiger partial charge in [0.05, 0.1) is 12.7 Å². The molecule has 0 spiro atoms. The Hall–Kier alpha value is -2.08. The number of methoxy groups -OCH3 is 1. The summed E-state index contributed by atoms with van der Waals surface area (Å²) < 4.78 is 5.03. The summed E-state index contributed by atoms with van der Waals surface area (Å²) in [5.41, 5.74) is 6.20. The van der Waals surface area contributed by atoms with Crippen molar-refractivity contribution >= 4 is 11.8 Å². The number of piperidine rings is 1. The van der Waals surface area contributed by atoms with Crippen LogP contribution >= 0.6 is 0 Å². The maximum absolute atomic E-state index is 11.8. The second-order valence-electron chi connectivity index (χ2n) is 5.34. The first-order chi connectivity index (χ1) is 10.7. The van der Waals surface area contributed by atoms with Gasteiger partial charge in [0.2, 0.25) is 0 Å². The third kappa shape index (κ3) is 5.04. The van der Waals surface area contributed by atoms with E-state index in [4.69, 9.17) is 15.3 Å². The molecule has 0 saturated carbocycles. The highest BCUT2D eigenvalue weighted by Gasteiger charge is 2.11. The number of hydrogen-bond acceptors (Lipinski definition) is 5. The van der Waals surface area contributed by atoms with Crippen LogP contribution in [0.4, 0.5) is 0 Å². The standard InChI is InChI=1S/C16H23N3O3/c1-21-14-7-5-13(6-8-14)16(20)22-18-15(17)9-12-19-10-3-2-4-11-19/h5-8H,2-4,9-12H2,1H3,(H2,17,18). The molecule has 6 nitrogen and oxygen atoms in total. The van der Waals surface area contributed by atoms with Gasteiger partial charge in [0.1, 0.15) is 11.6 Å². The van der Waals surface area contributed by atoms with Gasteiger partial charge in [0.15, 0.2) is 0 Å². The van der Waals surface area contributed by atoms with Crippen molar-refractivity contribution in [2.45, 2.75) is 25.7 Å². The quantitative estimate of drug-likeness (QED) is 0.376. The summed E-state index contributed by atoms with van der Waals surface area (Å²) in [7, 11) is 1.57. The predicted octanol–water partition coefficient (Wildman–Crippen LogP) is 2.00. The van der Waals surface area contributed by atoms with Crippen molar-refractivity contribution in [1.29, 1.82) is 0 Å². The summed E-state index contributed by atoms with van der Waals surface area (Å²) in [6.07, 6.45) is 4.39. The van der Waals surface area contributed by atoms with E-state index >= 15 is 0 Å². The Morgan fingerprint density at radius 2 is 1.91 bits per heavy atom. The molecular formula is C16H23N3O3. The van der Waals surface area contributed by atoms with Gasteiger partial charge in [-0.3, -0.25) is 0 Å². The van der Waals surface area contributed by atoms with Crippen LogP contribution in [0.3, 0.4) is 0 Å². The zero-order valence-corrected chi connectivity index (χ0v) is 13.0. The minimum Gasteiger partial charge on any atom is -0.497 e. The fraction of sp³-hybridized carbons (Fsp3) is 0.500. The molecule has 0 unspecified atom stereocenters. The number of hydrogen-bond donors (Lipinski definition) is 1. The van der Waals surface area contributed by atoms with Crippen molar-refractivity contribution in [3.63, 3.8) is 0 Å².